The SMILES string of the molecule is COC(=O)c1ccccc1PC. The molecule has 1 aromatic rings. The van der Waals surface area contributed by atoms with Crippen molar-refractivity contribution in [3.63, 3.8) is 0 Å². The second-order valence-corrected chi connectivity index (χ2v) is 3.33. The Bertz CT molecular complexity index is 284. The molecule has 0 aliphatic heterocycles. The van der Waals surface area contributed by atoms with E-state index in [9.17, 15) is 4.79 Å². The molecule has 1 aromatic carbocycles. The lowest BCUT2D eigenvalue weighted by molar-refractivity contribution is 0.0602. The van der Waals surface area contributed by atoms with E-state index in [-0.39, 0.29) is 5.97 Å². The Morgan fingerprint density at radius 2 is 2.08 bits per heavy atom. The lowest BCUT2D eigenvalue weighted by Crippen LogP contribution is -2.11. The molecule has 0 saturated heterocycles. The first kappa shape index (κ1) is 9.21. The van der Waals surface area contributed by atoms with Crippen molar-refractivity contribution in [2.75, 3.05) is 13.8 Å². The molecule has 0 aromatic heterocycles. The second kappa shape index (κ2) is 4.22. The first-order chi connectivity index (χ1) is 5.79. The molecule has 0 fully saturated rings. The van der Waals surface area contributed by atoms with Crippen LogP contribution in [-0.4, -0.2) is 19.7 Å². The van der Waals surface area contributed by atoms with Crippen LogP contribution < -0.4 is 5.30 Å². The van der Waals surface area contributed by atoms with Crippen molar-refractivity contribution in [3.8, 4) is 0 Å². The average Bonchev–Trinajstić information content (AvgIpc) is 2.16. The number of ether oxygens (including phenoxy) is 1. The maximum absolute atomic E-state index is 11.2. The van der Waals surface area contributed by atoms with E-state index in [0.29, 0.717) is 14.1 Å². The highest BCUT2D eigenvalue weighted by molar-refractivity contribution is 7.46. The van der Waals surface area contributed by atoms with E-state index in [1.54, 1.807) is 6.07 Å². The van der Waals surface area contributed by atoms with E-state index < -0.39 is 0 Å². The quantitative estimate of drug-likeness (QED) is 0.510. The van der Waals surface area contributed by atoms with Crippen LogP contribution in [0.4, 0.5) is 0 Å². The van der Waals surface area contributed by atoms with E-state index in [0.717, 1.165) is 5.30 Å². The predicted octanol–water partition coefficient (Wildman–Crippen LogP) is 1.41. The van der Waals surface area contributed by atoms with E-state index in [2.05, 4.69) is 4.74 Å². The van der Waals surface area contributed by atoms with Gasteiger partial charge in [0.05, 0.1) is 12.7 Å². The molecule has 0 bridgehead atoms. The topological polar surface area (TPSA) is 26.3 Å². The molecule has 12 heavy (non-hydrogen) atoms. The fourth-order valence-electron chi connectivity index (χ4n) is 0.989. The number of benzene rings is 1. The summed E-state index contributed by atoms with van der Waals surface area (Å²) in [4.78, 5) is 11.2. The zero-order chi connectivity index (χ0) is 8.97. The zero-order valence-corrected chi connectivity index (χ0v) is 8.13. The number of carbonyl (C=O) groups excluding carboxylic acids is 1. The lowest BCUT2D eigenvalue weighted by Gasteiger charge is -2.03. The molecule has 1 rings (SSSR count). The van der Waals surface area contributed by atoms with Crippen LogP contribution >= 0.6 is 8.58 Å². The average molecular weight is 182 g/mol. The number of esters is 1. The number of methoxy groups -OCH3 is 1. The van der Waals surface area contributed by atoms with Gasteiger partial charge in [0.1, 0.15) is 0 Å². The van der Waals surface area contributed by atoms with E-state index in [1.807, 2.05) is 24.9 Å². The van der Waals surface area contributed by atoms with Gasteiger partial charge < -0.3 is 4.74 Å². The summed E-state index contributed by atoms with van der Waals surface area (Å²) in [6, 6.07) is 7.51. The minimum absolute atomic E-state index is 0.250. The van der Waals surface area contributed by atoms with Crippen molar-refractivity contribution in [2.24, 2.45) is 0 Å². The number of hydrogen-bond acceptors (Lipinski definition) is 2. The van der Waals surface area contributed by atoms with E-state index in [1.165, 1.54) is 7.11 Å². The molecule has 64 valence electrons. The van der Waals surface area contributed by atoms with Crippen LogP contribution in [0.2, 0.25) is 0 Å². The van der Waals surface area contributed by atoms with E-state index >= 15 is 0 Å². The van der Waals surface area contributed by atoms with Gasteiger partial charge in [-0.15, -0.1) is 0 Å². The normalized spacial score (nSPS) is 10.5. The molecule has 1 atom stereocenters. The summed E-state index contributed by atoms with van der Waals surface area (Å²) in [5.41, 5.74) is 0.681. The van der Waals surface area contributed by atoms with Crippen molar-refractivity contribution in [1.82, 2.24) is 0 Å². The Labute approximate surface area is 73.7 Å². The van der Waals surface area contributed by atoms with Gasteiger partial charge in [0.2, 0.25) is 0 Å². The Hall–Kier alpha value is -0.880. The monoisotopic (exact) mass is 182 g/mol. The minimum Gasteiger partial charge on any atom is -0.465 e. The minimum atomic E-state index is -0.250. The fraction of sp³-hybridized carbons (Fsp3) is 0.222. The van der Waals surface area contributed by atoms with Gasteiger partial charge in [-0.1, -0.05) is 26.8 Å². The van der Waals surface area contributed by atoms with Crippen LogP contribution in [0.25, 0.3) is 0 Å². The molecule has 0 saturated carbocycles. The molecule has 3 heteroatoms. The molecule has 0 heterocycles. The summed E-state index contributed by atoms with van der Waals surface area (Å²) in [5, 5.41) is 1.06. The van der Waals surface area contributed by atoms with E-state index in [4.69, 9.17) is 0 Å². The van der Waals surface area contributed by atoms with Crippen LogP contribution in [0.15, 0.2) is 24.3 Å². The molecule has 2 nitrogen and oxygen atoms in total. The molecule has 0 aliphatic rings. The summed E-state index contributed by atoms with van der Waals surface area (Å²) in [5.74, 6) is -0.250. The third-order valence-electron chi connectivity index (χ3n) is 1.60. The van der Waals surface area contributed by atoms with Gasteiger partial charge in [-0.2, -0.15) is 0 Å². The highest BCUT2D eigenvalue weighted by atomic mass is 31.1. The predicted molar refractivity (Wildman–Crippen MR) is 51.7 cm³/mol. The summed E-state index contributed by atoms with van der Waals surface area (Å²) >= 11 is 0. The zero-order valence-electron chi connectivity index (χ0n) is 7.13. The van der Waals surface area contributed by atoms with Crippen molar-refractivity contribution in [2.45, 2.75) is 0 Å². The van der Waals surface area contributed by atoms with Gasteiger partial charge in [-0.05, 0) is 18.0 Å². The summed E-state index contributed by atoms with van der Waals surface area (Å²) < 4.78 is 4.64. The van der Waals surface area contributed by atoms with Crippen LogP contribution in [0.1, 0.15) is 10.4 Å². The number of carbonyl (C=O) groups is 1. The van der Waals surface area contributed by atoms with Gasteiger partial charge >= 0.3 is 5.97 Å². The van der Waals surface area contributed by atoms with Gasteiger partial charge in [0.15, 0.2) is 0 Å². The Morgan fingerprint density at radius 3 is 2.67 bits per heavy atom. The van der Waals surface area contributed by atoms with Crippen molar-refractivity contribution in [3.05, 3.63) is 29.8 Å². The fourth-order valence-corrected chi connectivity index (χ4v) is 1.71. The standard InChI is InChI=1S/C9H11O2P/c1-11-9(10)7-5-3-4-6-8(7)12-2/h3-6,12H,1-2H3. The lowest BCUT2D eigenvalue weighted by atomic mass is 10.2. The Balaban J connectivity index is 3.04. The van der Waals surface area contributed by atoms with Crippen molar-refractivity contribution in [1.29, 1.82) is 0 Å². The maximum atomic E-state index is 11.2. The summed E-state index contributed by atoms with van der Waals surface area (Å²) in [7, 11) is 2.02. The largest absolute Gasteiger partial charge is 0.465 e. The number of rotatable bonds is 2. The van der Waals surface area contributed by atoms with Gasteiger partial charge in [-0.25, -0.2) is 4.79 Å². The van der Waals surface area contributed by atoms with Crippen molar-refractivity contribution < 1.29 is 9.53 Å². The molecule has 1 unspecified atom stereocenters. The summed E-state index contributed by atoms with van der Waals surface area (Å²) in [6.45, 7) is 2.04. The first-order valence-corrected chi connectivity index (χ1v) is 5.14. The van der Waals surface area contributed by atoms with Gasteiger partial charge in [0.25, 0.3) is 0 Å². The molecular formula is C9H11O2P. The van der Waals surface area contributed by atoms with Crippen LogP contribution in [0.5, 0.6) is 0 Å². The van der Waals surface area contributed by atoms with Crippen molar-refractivity contribution >= 4 is 19.9 Å². The molecule has 0 amide bonds. The Morgan fingerprint density at radius 1 is 1.42 bits per heavy atom. The maximum Gasteiger partial charge on any atom is 0.338 e. The molecule has 0 radical (unpaired) electrons. The van der Waals surface area contributed by atoms with Gasteiger partial charge in [0, 0.05) is 0 Å². The highest BCUT2D eigenvalue weighted by Crippen LogP contribution is 2.09. The molecular weight excluding hydrogens is 171 g/mol. The second-order valence-electron chi connectivity index (χ2n) is 2.29. The third-order valence-corrected chi connectivity index (χ3v) is 2.58. The molecule has 0 aliphatic carbocycles. The van der Waals surface area contributed by atoms with Crippen LogP contribution in [0, 0.1) is 0 Å². The third kappa shape index (κ3) is 1.83. The smallest absolute Gasteiger partial charge is 0.338 e. The van der Waals surface area contributed by atoms with Crippen LogP contribution in [0.3, 0.4) is 0 Å². The molecule has 0 spiro atoms. The van der Waals surface area contributed by atoms with Gasteiger partial charge in [-0.3, -0.25) is 0 Å². The molecule has 0 N–H and O–H groups in total. The summed E-state index contributed by atoms with van der Waals surface area (Å²) in [6.07, 6.45) is 0. The first-order valence-electron chi connectivity index (χ1n) is 3.64. The highest BCUT2D eigenvalue weighted by Gasteiger charge is 2.08. The van der Waals surface area contributed by atoms with Crippen LogP contribution in [-0.2, 0) is 4.74 Å². The number of hydrogen-bond donors (Lipinski definition) is 0. The Kier molecular flexibility index (Phi) is 3.24.